The Morgan fingerprint density at radius 2 is 1.65 bits per heavy atom. The van der Waals surface area contributed by atoms with Crippen LogP contribution in [0.15, 0.2) is 11.4 Å². The minimum atomic E-state index is -2.21. The molecule has 4 nitrogen and oxygen atoms in total. The fraction of sp³-hybridized carbons (Fsp3) is 0.188. The van der Waals surface area contributed by atoms with Gasteiger partial charge in [-0.1, -0.05) is 0 Å². The number of benzene rings is 1. The van der Waals surface area contributed by atoms with E-state index in [2.05, 4.69) is 20.5 Å². The summed E-state index contributed by atoms with van der Waals surface area (Å²) >= 11 is 1.54. The van der Waals surface area contributed by atoms with Crippen molar-refractivity contribution in [2.45, 2.75) is 19.3 Å². The van der Waals surface area contributed by atoms with Gasteiger partial charge in [-0.15, -0.1) is 11.3 Å². The van der Waals surface area contributed by atoms with E-state index in [1.165, 1.54) is 22.5 Å². The second kappa shape index (κ2) is 6.27. The monoisotopic (exact) mass is 384 g/mol. The Kier molecular flexibility index (Phi) is 4.06. The van der Waals surface area contributed by atoms with Crippen LogP contribution in [0, 0.1) is 29.1 Å². The Balaban J connectivity index is 1.70. The highest BCUT2D eigenvalue weighted by molar-refractivity contribution is 7.19. The topological polar surface area (TPSA) is 50.2 Å². The molecule has 3 aromatic rings. The molecule has 1 aromatic carbocycles. The molecule has 134 valence electrons. The van der Waals surface area contributed by atoms with E-state index in [0.29, 0.717) is 12.0 Å². The van der Waals surface area contributed by atoms with E-state index in [1.54, 1.807) is 0 Å². The quantitative estimate of drug-likeness (QED) is 0.241. The number of nitrogens with zero attached hydrogens (tertiary/aromatic N) is 3. The van der Waals surface area contributed by atoms with Crippen LogP contribution in [0.1, 0.15) is 22.4 Å². The predicted octanol–water partition coefficient (Wildman–Crippen LogP) is 4.32. The maximum atomic E-state index is 13.6. The molecule has 1 aliphatic rings. The summed E-state index contributed by atoms with van der Waals surface area (Å²) in [6, 6.07) is 0. The summed E-state index contributed by atoms with van der Waals surface area (Å²) in [6.45, 7) is 0. The summed E-state index contributed by atoms with van der Waals surface area (Å²) < 4.78 is 66.8. The molecule has 0 unspecified atom stereocenters. The van der Waals surface area contributed by atoms with Crippen molar-refractivity contribution < 1.29 is 22.0 Å². The lowest BCUT2D eigenvalue weighted by Crippen LogP contribution is -2.07. The van der Waals surface area contributed by atoms with Crippen molar-refractivity contribution >= 4 is 33.6 Å². The number of halogens is 5. The number of nitrogens with one attached hydrogen (secondary N) is 1. The summed E-state index contributed by atoms with van der Waals surface area (Å²) in [6.07, 6.45) is 4.67. The van der Waals surface area contributed by atoms with Crippen LogP contribution in [0.5, 0.6) is 0 Å². The lowest BCUT2D eigenvalue weighted by molar-refractivity contribution is 0.377. The van der Waals surface area contributed by atoms with Crippen LogP contribution in [0.3, 0.4) is 0 Å². The lowest BCUT2D eigenvalue weighted by atomic mass is 10.2. The van der Waals surface area contributed by atoms with Crippen molar-refractivity contribution in [3.63, 3.8) is 0 Å². The molecule has 0 spiro atoms. The van der Waals surface area contributed by atoms with Crippen LogP contribution in [0.4, 0.5) is 27.8 Å². The van der Waals surface area contributed by atoms with Crippen LogP contribution in [-0.4, -0.2) is 16.2 Å². The average Bonchev–Trinajstić information content (AvgIpc) is 3.22. The van der Waals surface area contributed by atoms with Gasteiger partial charge in [0.2, 0.25) is 5.82 Å². The third-order valence-corrected chi connectivity index (χ3v) is 5.31. The molecular weight excluding hydrogens is 375 g/mol. The van der Waals surface area contributed by atoms with Gasteiger partial charge in [0.25, 0.3) is 0 Å². The standard InChI is InChI=1S/C16H9F5N4S/c17-10-7(11(18)13(20)14(21)12(10)19)4-24-25-15-9-6-2-1-3-8(6)26-16(9)23-5-22-15/h4-5H,1-3H2,(H,22,23,25)/b24-4+. The number of hydrazone groups is 1. The highest BCUT2D eigenvalue weighted by Gasteiger charge is 2.25. The molecule has 1 aliphatic carbocycles. The summed E-state index contributed by atoms with van der Waals surface area (Å²) in [5.74, 6) is -9.84. The molecule has 0 atom stereocenters. The largest absolute Gasteiger partial charge is 0.261 e. The van der Waals surface area contributed by atoms with E-state index < -0.39 is 34.6 Å². The van der Waals surface area contributed by atoms with Gasteiger partial charge in [0.15, 0.2) is 29.1 Å². The van der Waals surface area contributed by atoms with Crippen molar-refractivity contribution in [2.24, 2.45) is 5.10 Å². The number of hydrogen-bond donors (Lipinski definition) is 1. The van der Waals surface area contributed by atoms with E-state index >= 15 is 0 Å². The molecule has 2 aromatic heterocycles. The zero-order chi connectivity index (χ0) is 18.4. The number of thiophene rings is 1. The van der Waals surface area contributed by atoms with Gasteiger partial charge in [0, 0.05) is 4.88 Å². The Bertz CT molecular complexity index is 1030. The third kappa shape index (κ3) is 2.52. The lowest BCUT2D eigenvalue weighted by Gasteiger charge is -2.05. The Labute approximate surface area is 147 Å². The molecule has 0 fully saturated rings. The number of anilines is 1. The predicted molar refractivity (Wildman–Crippen MR) is 86.9 cm³/mol. The fourth-order valence-corrected chi connectivity index (χ4v) is 4.14. The Morgan fingerprint density at radius 3 is 2.38 bits per heavy atom. The second-order valence-electron chi connectivity index (χ2n) is 5.61. The van der Waals surface area contributed by atoms with E-state index in [0.717, 1.165) is 35.0 Å². The summed E-state index contributed by atoms with van der Waals surface area (Å²) in [4.78, 5) is 10.2. The highest BCUT2D eigenvalue weighted by Crippen LogP contribution is 2.39. The highest BCUT2D eigenvalue weighted by atomic mass is 32.1. The molecule has 2 heterocycles. The molecule has 4 rings (SSSR count). The van der Waals surface area contributed by atoms with E-state index in [1.807, 2.05) is 0 Å². The second-order valence-corrected chi connectivity index (χ2v) is 6.70. The van der Waals surface area contributed by atoms with Gasteiger partial charge in [-0.05, 0) is 24.8 Å². The van der Waals surface area contributed by atoms with Crippen LogP contribution in [0.25, 0.3) is 10.2 Å². The van der Waals surface area contributed by atoms with E-state index in [4.69, 9.17) is 0 Å². The van der Waals surface area contributed by atoms with Gasteiger partial charge in [-0.25, -0.2) is 31.9 Å². The molecule has 0 amide bonds. The number of aryl methyl sites for hydroxylation is 2. The molecule has 0 saturated heterocycles. The normalized spacial score (nSPS) is 13.7. The average molecular weight is 384 g/mol. The van der Waals surface area contributed by atoms with Crippen molar-refractivity contribution in [1.82, 2.24) is 9.97 Å². The van der Waals surface area contributed by atoms with E-state index in [-0.39, 0.29) is 0 Å². The van der Waals surface area contributed by atoms with Crippen molar-refractivity contribution in [3.05, 3.63) is 51.4 Å². The Hall–Kier alpha value is -2.62. The summed E-state index contributed by atoms with van der Waals surface area (Å²) in [7, 11) is 0. The number of aromatic nitrogens is 2. The van der Waals surface area contributed by atoms with Gasteiger partial charge < -0.3 is 0 Å². The smallest absolute Gasteiger partial charge is 0.200 e. The summed E-state index contributed by atoms with van der Waals surface area (Å²) in [5, 5.41) is 4.37. The first-order chi connectivity index (χ1) is 12.5. The van der Waals surface area contributed by atoms with Gasteiger partial charge in [0.05, 0.1) is 17.2 Å². The van der Waals surface area contributed by atoms with Crippen LogP contribution in [-0.2, 0) is 12.8 Å². The molecule has 26 heavy (non-hydrogen) atoms. The first kappa shape index (κ1) is 16.8. The molecule has 0 aliphatic heterocycles. The van der Waals surface area contributed by atoms with Crippen molar-refractivity contribution in [3.8, 4) is 0 Å². The van der Waals surface area contributed by atoms with Crippen LogP contribution < -0.4 is 5.43 Å². The zero-order valence-electron chi connectivity index (χ0n) is 12.9. The van der Waals surface area contributed by atoms with Gasteiger partial charge in [0.1, 0.15) is 11.2 Å². The number of fused-ring (bicyclic) bond motifs is 3. The molecular formula is C16H9F5N4S. The van der Waals surface area contributed by atoms with Gasteiger partial charge in [-0.2, -0.15) is 5.10 Å². The molecule has 0 saturated carbocycles. The fourth-order valence-electron chi connectivity index (χ4n) is 2.91. The minimum Gasteiger partial charge on any atom is -0.261 e. The van der Waals surface area contributed by atoms with Crippen molar-refractivity contribution in [1.29, 1.82) is 0 Å². The SMILES string of the molecule is Fc1c(F)c(F)c(/C=N/Nc2ncnc3sc4c(c23)CCC4)c(F)c1F. The number of hydrogen-bond acceptors (Lipinski definition) is 5. The van der Waals surface area contributed by atoms with Crippen LogP contribution >= 0.6 is 11.3 Å². The van der Waals surface area contributed by atoms with Crippen LogP contribution in [0.2, 0.25) is 0 Å². The molecule has 0 radical (unpaired) electrons. The maximum Gasteiger partial charge on any atom is 0.200 e. The first-order valence-corrected chi connectivity index (χ1v) is 8.36. The molecule has 1 N–H and O–H groups in total. The zero-order valence-corrected chi connectivity index (χ0v) is 13.7. The van der Waals surface area contributed by atoms with Gasteiger partial charge in [-0.3, -0.25) is 5.43 Å². The Morgan fingerprint density at radius 1 is 0.962 bits per heavy atom. The first-order valence-electron chi connectivity index (χ1n) is 7.54. The minimum absolute atomic E-state index is 0.314. The van der Waals surface area contributed by atoms with Crippen molar-refractivity contribution in [2.75, 3.05) is 5.43 Å². The summed E-state index contributed by atoms with van der Waals surface area (Å²) in [5.41, 5.74) is 2.48. The van der Waals surface area contributed by atoms with Gasteiger partial charge >= 0.3 is 0 Å². The molecule has 0 bridgehead atoms. The number of rotatable bonds is 3. The third-order valence-electron chi connectivity index (χ3n) is 4.11. The van der Waals surface area contributed by atoms with E-state index in [9.17, 15) is 22.0 Å². The maximum absolute atomic E-state index is 13.6. The molecule has 10 heteroatoms.